The average Bonchev–Trinajstić information content (AvgIpc) is 2.18. The second-order valence-corrected chi connectivity index (χ2v) is 3.73. The molecule has 0 unspecified atom stereocenters. The molecular formula is C12H19N3. The van der Waals surface area contributed by atoms with Gasteiger partial charge in [-0.25, -0.2) is 0 Å². The molecule has 0 heterocycles. The SMILES string of the molecule is CCN=C(N)Nc1ccccc1C(C)C. The van der Waals surface area contributed by atoms with Gasteiger partial charge in [0, 0.05) is 12.2 Å². The first-order valence-electron chi connectivity index (χ1n) is 5.31. The summed E-state index contributed by atoms with van der Waals surface area (Å²) in [5, 5.41) is 3.12. The van der Waals surface area contributed by atoms with Gasteiger partial charge in [-0.2, -0.15) is 0 Å². The molecule has 3 nitrogen and oxygen atoms in total. The summed E-state index contributed by atoms with van der Waals surface area (Å²) in [5.41, 5.74) is 8.02. The van der Waals surface area contributed by atoms with E-state index in [2.05, 4.69) is 30.2 Å². The third-order valence-electron chi connectivity index (χ3n) is 2.17. The summed E-state index contributed by atoms with van der Waals surface area (Å²) in [6.45, 7) is 6.98. The number of nitrogens with one attached hydrogen (secondary N) is 1. The van der Waals surface area contributed by atoms with Crippen LogP contribution in [0.2, 0.25) is 0 Å². The fourth-order valence-electron chi connectivity index (χ4n) is 1.46. The molecule has 0 amide bonds. The molecule has 3 N–H and O–H groups in total. The molecule has 0 saturated heterocycles. The number of benzene rings is 1. The van der Waals surface area contributed by atoms with Crippen molar-refractivity contribution in [1.29, 1.82) is 0 Å². The smallest absolute Gasteiger partial charge is 0.193 e. The molecule has 1 aromatic rings. The lowest BCUT2D eigenvalue weighted by Crippen LogP contribution is -2.23. The Hall–Kier alpha value is -1.51. The van der Waals surface area contributed by atoms with E-state index in [0.717, 1.165) is 5.69 Å². The second kappa shape index (κ2) is 5.39. The Morgan fingerprint density at radius 2 is 2.07 bits per heavy atom. The molecule has 82 valence electrons. The first-order valence-corrected chi connectivity index (χ1v) is 5.31. The van der Waals surface area contributed by atoms with Crippen molar-refractivity contribution >= 4 is 11.6 Å². The van der Waals surface area contributed by atoms with Gasteiger partial charge >= 0.3 is 0 Å². The minimum absolute atomic E-state index is 0.475. The molecule has 0 aliphatic heterocycles. The molecule has 0 atom stereocenters. The van der Waals surface area contributed by atoms with E-state index in [1.54, 1.807) is 0 Å². The van der Waals surface area contributed by atoms with Gasteiger partial charge in [0.05, 0.1) is 0 Å². The summed E-state index contributed by atoms with van der Waals surface area (Å²) in [6, 6.07) is 8.15. The Bertz CT molecular complexity index is 342. The number of rotatable bonds is 3. The Morgan fingerprint density at radius 3 is 2.67 bits per heavy atom. The average molecular weight is 205 g/mol. The fourth-order valence-corrected chi connectivity index (χ4v) is 1.46. The van der Waals surface area contributed by atoms with Gasteiger partial charge in [-0.3, -0.25) is 4.99 Å². The van der Waals surface area contributed by atoms with Crippen molar-refractivity contribution in [3.05, 3.63) is 29.8 Å². The molecule has 0 aromatic heterocycles. The molecule has 0 bridgehead atoms. The maximum absolute atomic E-state index is 5.72. The summed E-state index contributed by atoms with van der Waals surface area (Å²) in [5.74, 6) is 0.953. The van der Waals surface area contributed by atoms with Crippen LogP contribution in [0.5, 0.6) is 0 Å². The highest BCUT2D eigenvalue weighted by atomic mass is 15.1. The van der Waals surface area contributed by atoms with Crippen LogP contribution in [0.3, 0.4) is 0 Å². The predicted molar refractivity (Wildman–Crippen MR) is 66.3 cm³/mol. The Kier molecular flexibility index (Phi) is 4.16. The molecule has 0 saturated carbocycles. The van der Waals surface area contributed by atoms with Gasteiger partial charge in [0.15, 0.2) is 5.96 Å². The van der Waals surface area contributed by atoms with Crippen LogP contribution in [0.25, 0.3) is 0 Å². The van der Waals surface area contributed by atoms with E-state index in [0.29, 0.717) is 18.4 Å². The number of aliphatic imine (C=N–C) groups is 1. The zero-order chi connectivity index (χ0) is 11.3. The van der Waals surface area contributed by atoms with E-state index in [1.807, 2.05) is 25.1 Å². The van der Waals surface area contributed by atoms with E-state index in [-0.39, 0.29) is 0 Å². The van der Waals surface area contributed by atoms with Crippen molar-refractivity contribution in [2.24, 2.45) is 10.7 Å². The zero-order valence-corrected chi connectivity index (χ0v) is 9.62. The highest BCUT2D eigenvalue weighted by Gasteiger charge is 2.05. The van der Waals surface area contributed by atoms with Crippen molar-refractivity contribution in [2.75, 3.05) is 11.9 Å². The monoisotopic (exact) mass is 205 g/mol. The van der Waals surface area contributed by atoms with Gasteiger partial charge in [0.25, 0.3) is 0 Å². The van der Waals surface area contributed by atoms with Crippen molar-refractivity contribution in [3.8, 4) is 0 Å². The maximum Gasteiger partial charge on any atom is 0.193 e. The normalized spacial score (nSPS) is 11.9. The fraction of sp³-hybridized carbons (Fsp3) is 0.417. The quantitative estimate of drug-likeness (QED) is 0.588. The van der Waals surface area contributed by atoms with Crippen LogP contribution in [-0.2, 0) is 0 Å². The second-order valence-electron chi connectivity index (χ2n) is 3.73. The summed E-state index contributed by atoms with van der Waals surface area (Å²) < 4.78 is 0. The van der Waals surface area contributed by atoms with E-state index in [4.69, 9.17) is 5.73 Å². The van der Waals surface area contributed by atoms with Crippen LogP contribution < -0.4 is 11.1 Å². The molecule has 1 rings (SSSR count). The van der Waals surface area contributed by atoms with Crippen LogP contribution in [-0.4, -0.2) is 12.5 Å². The summed E-state index contributed by atoms with van der Waals surface area (Å²) in [6.07, 6.45) is 0. The highest BCUT2D eigenvalue weighted by molar-refractivity contribution is 5.93. The number of hydrogen-bond donors (Lipinski definition) is 2. The predicted octanol–water partition coefficient (Wildman–Crippen LogP) is 2.56. The molecule has 0 aliphatic carbocycles. The number of guanidine groups is 1. The molecule has 0 spiro atoms. The third kappa shape index (κ3) is 3.27. The first-order chi connectivity index (χ1) is 7.15. The number of nitrogens with zero attached hydrogens (tertiary/aromatic N) is 1. The molecular weight excluding hydrogens is 186 g/mol. The van der Waals surface area contributed by atoms with Crippen molar-refractivity contribution in [1.82, 2.24) is 0 Å². The number of nitrogens with two attached hydrogens (primary N) is 1. The topological polar surface area (TPSA) is 50.4 Å². The zero-order valence-electron chi connectivity index (χ0n) is 9.62. The molecule has 15 heavy (non-hydrogen) atoms. The van der Waals surface area contributed by atoms with Crippen molar-refractivity contribution in [3.63, 3.8) is 0 Å². The molecule has 0 fully saturated rings. The van der Waals surface area contributed by atoms with E-state index < -0.39 is 0 Å². The van der Waals surface area contributed by atoms with Crippen LogP contribution in [0.15, 0.2) is 29.3 Å². The van der Waals surface area contributed by atoms with Gasteiger partial charge in [-0.15, -0.1) is 0 Å². The Balaban J connectivity index is 2.89. The van der Waals surface area contributed by atoms with Gasteiger partial charge in [-0.05, 0) is 24.5 Å². The standard InChI is InChI=1S/C12H19N3/c1-4-14-12(13)15-11-8-6-5-7-10(11)9(2)3/h5-9H,4H2,1-3H3,(H3,13,14,15). The molecule has 3 heteroatoms. The Morgan fingerprint density at radius 1 is 1.40 bits per heavy atom. The van der Waals surface area contributed by atoms with Gasteiger partial charge in [0.2, 0.25) is 0 Å². The highest BCUT2D eigenvalue weighted by Crippen LogP contribution is 2.23. The summed E-state index contributed by atoms with van der Waals surface area (Å²) >= 11 is 0. The van der Waals surface area contributed by atoms with Crippen molar-refractivity contribution in [2.45, 2.75) is 26.7 Å². The van der Waals surface area contributed by atoms with E-state index in [9.17, 15) is 0 Å². The van der Waals surface area contributed by atoms with Crippen LogP contribution >= 0.6 is 0 Å². The summed E-state index contributed by atoms with van der Waals surface area (Å²) in [7, 11) is 0. The maximum atomic E-state index is 5.72. The van der Waals surface area contributed by atoms with Crippen LogP contribution in [0.4, 0.5) is 5.69 Å². The lowest BCUT2D eigenvalue weighted by atomic mass is 10.0. The Labute approximate surface area is 91.4 Å². The minimum Gasteiger partial charge on any atom is -0.370 e. The van der Waals surface area contributed by atoms with E-state index in [1.165, 1.54) is 5.56 Å². The third-order valence-corrected chi connectivity index (χ3v) is 2.17. The first kappa shape index (κ1) is 11.6. The largest absolute Gasteiger partial charge is 0.370 e. The van der Waals surface area contributed by atoms with Gasteiger partial charge in [-0.1, -0.05) is 32.0 Å². The molecule has 1 aromatic carbocycles. The molecule has 0 aliphatic rings. The van der Waals surface area contributed by atoms with Crippen LogP contribution in [0.1, 0.15) is 32.3 Å². The van der Waals surface area contributed by atoms with Crippen molar-refractivity contribution < 1.29 is 0 Å². The number of anilines is 1. The van der Waals surface area contributed by atoms with Crippen LogP contribution in [0, 0.1) is 0 Å². The lowest BCUT2D eigenvalue weighted by Gasteiger charge is -2.13. The van der Waals surface area contributed by atoms with E-state index >= 15 is 0 Å². The lowest BCUT2D eigenvalue weighted by molar-refractivity contribution is 0.869. The number of hydrogen-bond acceptors (Lipinski definition) is 1. The number of para-hydroxylation sites is 1. The minimum atomic E-state index is 0.475. The van der Waals surface area contributed by atoms with Gasteiger partial charge < -0.3 is 11.1 Å². The summed E-state index contributed by atoms with van der Waals surface area (Å²) in [4.78, 5) is 4.10. The molecule has 0 radical (unpaired) electrons. The van der Waals surface area contributed by atoms with Gasteiger partial charge in [0.1, 0.15) is 0 Å².